The fourth-order valence-electron chi connectivity index (χ4n) is 1.46. The lowest BCUT2D eigenvalue weighted by molar-refractivity contribution is -0.115. The van der Waals surface area contributed by atoms with Crippen LogP contribution in [0, 0.1) is 18.3 Å². The Hall–Kier alpha value is -1.31. The van der Waals surface area contributed by atoms with E-state index in [-0.39, 0.29) is 18.5 Å². The van der Waals surface area contributed by atoms with E-state index in [4.69, 9.17) is 6.42 Å². The third kappa shape index (κ3) is 4.91. The summed E-state index contributed by atoms with van der Waals surface area (Å²) in [5.41, 5.74) is 0.762. The van der Waals surface area contributed by atoms with Crippen molar-refractivity contribution in [2.24, 2.45) is 5.92 Å². The summed E-state index contributed by atoms with van der Waals surface area (Å²) in [6.45, 7) is 4.24. The van der Waals surface area contributed by atoms with Gasteiger partial charge in [-0.3, -0.25) is 10.1 Å². The number of hydrogen-bond acceptors (Lipinski definition) is 2. The number of rotatable bonds is 5. The van der Waals surface area contributed by atoms with Crippen LogP contribution < -0.4 is 10.6 Å². The Labute approximate surface area is 116 Å². The fourth-order valence-corrected chi connectivity index (χ4v) is 1.86. The highest BCUT2D eigenvalue weighted by Crippen LogP contribution is 2.15. The van der Waals surface area contributed by atoms with Gasteiger partial charge in [0, 0.05) is 10.2 Å². The lowest BCUT2D eigenvalue weighted by Crippen LogP contribution is -2.38. The van der Waals surface area contributed by atoms with E-state index in [2.05, 4.69) is 32.5 Å². The van der Waals surface area contributed by atoms with Gasteiger partial charge in [0.1, 0.15) is 0 Å². The first-order valence-corrected chi connectivity index (χ1v) is 6.57. The minimum absolute atomic E-state index is 0.0849. The molecule has 1 rings (SSSR count). The van der Waals surface area contributed by atoms with Crippen LogP contribution in [-0.2, 0) is 4.79 Å². The Bertz CT molecular complexity index is 451. The minimum Gasteiger partial charge on any atom is -0.325 e. The van der Waals surface area contributed by atoms with E-state index in [1.807, 2.05) is 38.1 Å². The molecule has 0 aliphatic heterocycles. The van der Waals surface area contributed by atoms with E-state index in [0.717, 1.165) is 10.2 Å². The molecule has 1 aromatic carbocycles. The normalized spacial score (nSPS) is 11.9. The van der Waals surface area contributed by atoms with E-state index in [1.54, 1.807) is 0 Å². The second kappa shape index (κ2) is 7.20. The predicted molar refractivity (Wildman–Crippen MR) is 78.2 cm³/mol. The summed E-state index contributed by atoms with van der Waals surface area (Å²) in [6.07, 6.45) is 5.38. The summed E-state index contributed by atoms with van der Waals surface area (Å²) >= 11 is 3.35. The molecule has 0 bridgehead atoms. The zero-order valence-corrected chi connectivity index (χ0v) is 12.1. The van der Waals surface area contributed by atoms with Crippen molar-refractivity contribution >= 4 is 27.5 Å². The standard InChI is InChI=1S/C14H17BrN2O/c1-4-13(10(2)3)16-9-14(18)17-12-7-5-6-11(15)8-12/h1,5-8,10,13,16H,9H2,2-3H3,(H,17,18). The molecule has 1 aromatic rings. The van der Waals surface area contributed by atoms with Gasteiger partial charge in [-0.15, -0.1) is 6.42 Å². The van der Waals surface area contributed by atoms with Gasteiger partial charge < -0.3 is 5.32 Å². The van der Waals surface area contributed by atoms with Crippen LogP contribution in [0.15, 0.2) is 28.7 Å². The number of anilines is 1. The molecule has 0 aliphatic rings. The molecule has 0 saturated heterocycles. The molecule has 0 saturated carbocycles. The maximum atomic E-state index is 11.7. The SMILES string of the molecule is C#CC(NCC(=O)Nc1cccc(Br)c1)C(C)C. The molecule has 0 aromatic heterocycles. The number of amides is 1. The quantitative estimate of drug-likeness (QED) is 0.821. The van der Waals surface area contributed by atoms with Gasteiger partial charge in [-0.2, -0.15) is 0 Å². The third-order valence-electron chi connectivity index (χ3n) is 2.44. The van der Waals surface area contributed by atoms with Crippen molar-refractivity contribution in [3.05, 3.63) is 28.7 Å². The van der Waals surface area contributed by atoms with Gasteiger partial charge in [-0.1, -0.05) is 41.8 Å². The molecule has 0 fully saturated rings. The van der Waals surface area contributed by atoms with Gasteiger partial charge in [0.2, 0.25) is 5.91 Å². The molecule has 0 aliphatic carbocycles. The van der Waals surface area contributed by atoms with Crippen molar-refractivity contribution in [2.75, 3.05) is 11.9 Å². The number of carbonyl (C=O) groups excluding carboxylic acids is 1. The zero-order chi connectivity index (χ0) is 13.5. The molecule has 1 amide bonds. The highest BCUT2D eigenvalue weighted by atomic mass is 79.9. The van der Waals surface area contributed by atoms with Gasteiger partial charge in [-0.25, -0.2) is 0 Å². The summed E-state index contributed by atoms with van der Waals surface area (Å²) in [4.78, 5) is 11.7. The highest BCUT2D eigenvalue weighted by Gasteiger charge is 2.11. The van der Waals surface area contributed by atoms with Crippen LogP contribution in [0.5, 0.6) is 0 Å². The Morgan fingerprint density at radius 3 is 2.78 bits per heavy atom. The number of hydrogen-bond donors (Lipinski definition) is 2. The molecule has 2 N–H and O–H groups in total. The molecule has 1 unspecified atom stereocenters. The Balaban J connectivity index is 2.45. The molecular formula is C14H17BrN2O. The van der Waals surface area contributed by atoms with Gasteiger partial charge in [0.05, 0.1) is 12.6 Å². The second-order valence-electron chi connectivity index (χ2n) is 4.33. The van der Waals surface area contributed by atoms with Gasteiger partial charge >= 0.3 is 0 Å². The first-order valence-electron chi connectivity index (χ1n) is 5.78. The summed E-state index contributed by atoms with van der Waals surface area (Å²) in [5, 5.41) is 5.84. The van der Waals surface area contributed by atoms with E-state index < -0.39 is 0 Å². The lowest BCUT2D eigenvalue weighted by atomic mass is 10.1. The average Bonchev–Trinajstić information content (AvgIpc) is 2.29. The monoisotopic (exact) mass is 308 g/mol. The highest BCUT2D eigenvalue weighted by molar-refractivity contribution is 9.10. The number of carbonyl (C=O) groups is 1. The van der Waals surface area contributed by atoms with Crippen molar-refractivity contribution < 1.29 is 4.79 Å². The number of benzene rings is 1. The van der Waals surface area contributed by atoms with Crippen LogP contribution in [0.2, 0.25) is 0 Å². The summed E-state index contributed by atoms with van der Waals surface area (Å²) in [7, 11) is 0. The predicted octanol–water partition coefficient (Wildman–Crippen LogP) is 2.64. The first-order chi connectivity index (χ1) is 8.52. The van der Waals surface area contributed by atoms with E-state index in [9.17, 15) is 4.79 Å². The smallest absolute Gasteiger partial charge is 0.238 e. The van der Waals surface area contributed by atoms with Crippen LogP contribution in [0.25, 0.3) is 0 Å². The summed E-state index contributed by atoms with van der Waals surface area (Å²) in [6, 6.07) is 7.37. The van der Waals surface area contributed by atoms with Crippen molar-refractivity contribution in [1.29, 1.82) is 0 Å². The average molecular weight is 309 g/mol. The van der Waals surface area contributed by atoms with Crippen molar-refractivity contribution in [3.63, 3.8) is 0 Å². The molecule has 1 atom stereocenters. The van der Waals surface area contributed by atoms with Gasteiger partial charge in [-0.05, 0) is 24.1 Å². The third-order valence-corrected chi connectivity index (χ3v) is 2.93. The maximum absolute atomic E-state index is 11.7. The Kier molecular flexibility index (Phi) is 5.90. The molecular weight excluding hydrogens is 292 g/mol. The Morgan fingerprint density at radius 1 is 1.50 bits per heavy atom. The van der Waals surface area contributed by atoms with Crippen LogP contribution in [0.4, 0.5) is 5.69 Å². The molecule has 4 heteroatoms. The Morgan fingerprint density at radius 2 is 2.22 bits per heavy atom. The second-order valence-corrected chi connectivity index (χ2v) is 5.24. The van der Waals surface area contributed by atoms with Crippen molar-refractivity contribution in [1.82, 2.24) is 5.32 Å². The van der Waals surface area contributed by atoms with E-state index >= 15 is 0 Å². The molecule has 0 spiro atoms. The molecule has 18 heavy (non-hydrogen) atoms. The molecule has 3 nitrogen and oxygen atoms in total. The van der Waals surface area contributed by atoms with E-state index in [1.165, 1.54) is 0 Å². The van der Waals surface area contributed by atoms with Gasteiger partial charge in [0.25, 0.3) is 0 Å². The minimum atomic E-state index is -0.103. The van der Waals surface area contributed by atoms with Gasteiger partial charge in [0.15, 0.2) is 0 Å². The number of nitrogens with one attached hydrogen (secondary N) is 2. The topological polar surface area (TPSA) is 41.1 Å². The van der Waals surface area contributed by atoms with Crippen LogP contribution >= 0.6 is 15.9 Å². The largest absolute Gasteiger partial charge is 0.325 e. The molecule has 0 radical (unpaired) electrons. The van der Waals surface area contributed by atoms with Crippen LogP contribution in [-0.4, -0.2) is 18.5 Å². The molecule has 0 heterocycles. The van der Waals surface area contributed by atoms with Crippen molar-refractivity contribution in [2.45, 2.75) is 19.9 Å². The molecule has 96 valence electrons. The van der Waals surface area contributed by atoms with E-state index in [0.29, 0.717) is 5.92 Å². The van der Waals surface area contributed by atoms with Crippen molar-refractivity contribution in [3.8, 4) is 12.3 Å². The summed E-state index contributed by atoms with van der Waals surface area (Å²) < 4.78 is 0.928. The maximum Gasteiger partial charge on any atom is 0.238 e. The van der Waals surface area contributed by atoms with Crippen LogP contribution in [0.3, 0.4) is 0 Å². The fraction of sp³-hybridized carbons (Fsp3) is 0.357. The number of terminal acetylenes is 1. The zero-order valence-electron chi connectivity index (χ0n) is 10.5. The lowest BCUT2D eigenvalue weighted by Gasteiger charge is -2.16. The van der Waals surface area contributed by atoms with Crippen LogP contribution in [0.1, 0.15) is 13.8 Å². The summed E-state index contributed by atoms with van der Waals surface area (Å²) in [5.74, 6) is 2.83. The number of halogens is 1. The first kappa shape index (κ1) is 14.7.